The third-order valence-electron chi connectivity index (χ3n) is 2.56. The fourth-order valence-corrected chi connectivity index (χ4v) is 1.70. The van der Waals surface area contributed by atoms with Gasteiger partial charge in [-0.25, -0.2) is 0 Å². The van der Waals surface area contributed by atoms with E-state index in [1.165, 1.54) is 0 Å². The van der Waals surface area contributed by atoms with Crippen molar-refractivity contribution < 1.29 is 9.59 Å². The van der Waals surface area contributed by atoms with Crippen LogP contribution in [0, 0.1) is 0 Å². The summed E-state index contributed by atoms with van der Waals surface area (Å²) < 4.78 is 0. The molecular weight excluding hydrogens is 212 g/mol. The summed E-state index contributed by atoms with van der Waals surface area (Å²) >= 11 is 0. The van der Waals surface area contributed by atoms with Crippen molar-refractivity contribution in [1.29, 1.82) is 0 Å². The van der Waals surface area contributed by atoms with Crippen LogP contribution in [-0.2, 0) is 4.79 Å². The zero-order valence-electron chi connectivity index (χ0n) is 9.30. The molecule has 0 aromatic heterocycles. The Morgan fingerprint density at radius 1 is 0.941 bits per heavy atom. The van der Waals surface area contributed by atoms with Gasteiger partial charge in [-0.2, -0.15) is 0 Å². The lowest BCUT2D eigenvalue weighted by Crippen LogP contribution is -1.99. The van der Waals surface area contributed by atoms with E-state index >= 15 is 0 Å². The van der Waals surface area contributed by atoms with Crippen molar-refractivity contribution in [2.24, 2.45) is 0 Å². The van der Waals surface area contributed by atoms with E-state index in [1.54, 1.807) is 6.07 Å². The second-order valence-corrected chi connectivity index (χ2v) is 3.74. The van der Waals surface area contributed by atoms with Crippen LogP contribution in [0.3, 0.4) is 0 Å². The van der Waals surface area contributed by atoms with Crippen molar-refractivity contribution in [1.82, 2.24) is 0 Å². The number of carbonyl (C=O) groups is 2. The van der Waals surface area contributed by atoms with E-state index in [1.807, 2.05) is 48.5 Å². The molecule has 2 aromatic rings. The molecule has 2 heteroatoms. The first-order chi connectivity index (χ1) is 8.31. The molecule has 2 rings (SSSR count). The Bertz CT molecular complexity index is 530. The molecule has 0 saturated heterocycles. The maximum absolute atomic E-state index is 11.6. The minimum atomic E-state index is -0.141. The largest absolute Gasteiger partial charge is 0.303 e. The normalized spacial score (nSPS) is 9.88. The number of rotatable bonds is 4. The Morgan fingerprint density at radius 2 is 1.65 bits per heavy atom. The van der Waals surface area contributed by atoms with Crippen LogP contribution in [0.1, 0.15) is 16.8 Å². The summed E-state index contributed by atoms with van der Waals surface area (Å²) in [5.41, 5.74) is 2.63. The molecule has 0 heterocycles. The third-order valence-corrected chi connectivity index (χ3v) is 2.56. The SMILES string of the molecule is O=CCC(=O)c1cccc(-c2ccccc2)c1. The number of hydrogen-bond acceptors (Lipinski definition) is 2. The Kier molecular flexibility index (Phi) is 3.46. The maximum atomic E-state index is 11.6. The zero-order chi connectivity index (χ0) is 12.1. The molecule has 84 valence electrons. The van der Waals surface area contributed by atoms with Gasteiger partial charge in [0.2, 0.25) is 0 Å². The number of aldehydes is 1. The van der Waals surface area contributed by atoms with Gasteiger partial charge in [0.05, 0.1) is 6.42 Å². The molecule has 0 bridgehead atoms. The first-order valence-electron chi connectivity index (χ1n) is 5.43. The molecule has 0 spiro atoms. The molecule has 0 saturated carbocycles. The van der Waals surface area contributed by atoms with Crippen LogP contribution in [0.25, 0.3) is 11.1 Å². The maximum Gasteiger partial charge on any atom is 0.169 e. The third kappa shape index (κ3) is 2.67. The number of carbonyl (C=O) groups excluding carboxylic acids is 2. The fraction of sp³-hybridized carbons (Fsp3) is 0.0667. The average molecular weight is 224 g/mol. The first-order valence-corrected chi connectivity index (χ1v) is 5.43. The highest BCUT2D eigenvalue weighted by Crippen LogP contribution is 2.20. The number of benzene rings is 2. The fourth-order valence-electron chi connectivity index (χ4n) is 1.70. The average Bonchev–Trinajstić information content (AvgIpc) is 2.40. The van der Waals surface area contributed by atoms with E-state index in [0.717, 1.165) is 11.1 Å². The van der Waals surface area contributed by atoms with Crippen LogP contribution in [0.4, 0.5) is 0 Å². The van der Waals surface area contributed by atoms with E-state index in [9.17, 15) is 9.59 Å². The summed E-state index contributed by atoms with van der Waals surface area (Å²) in [4.78, 5) is 21.9. The van der Waals surface area contributed by atoms with Crippen LogP contribution in [-0.4, -0.2) is 12.1 Å². The molecular formula is C15H12O2. The highest BCUT2D eigenvalue weighted by Gasteiger charge is 2.06. The van der Waals surface area contributed by atoms with Gasteiger partial charge >= 0.3 is 0 Å². The van der Waals surface area contributed by atoms with E-state index in [-0.39, 0.29) is 12.2 Å². The van der Waals surface area contributed by atoms with Gasteiger partial charge in [-0.3, -0.25) is 4.79 Å². The quantitative estimate of drug-likeness (QED) is 0.454. The summed E-state index contributed by atoms with van der Waals surface area (Å²) in [6.45, 7) is 0. The van der Waals surface area contributed by atoms with Crippen LogP contribution in [0.2, 0.25) is 0 Å². The summed E-state index contributed by atoms with van der Waals surface area (Å²) in [6.07, 6.45) is 0.579. The predicted octanol–water partition coefficient (Wildman–Crippen LogP) is 3.13. The molecule has 0 amide bonds. The van der Waals surface area contributed by atoms with Crippen LogP contribution in [0.5, 0.6) is 0 Å². The van der Waals surface area contributed by atoms with Crippen molar-refractivity contribution in [3.8, 4) is 11.1 Å². The summed E-state index contributed by atoms with van der Waals surface area (Å²) in [7, 11) is 0. The van der Waals surface area contributed by atoms with Crippen molar-refractivity contribution in [3.63, 3.8) is 0 Å². The second kappa shape index (κ2) is 5.21. The van der Waals surface area contributed by atoms with Crippen LogP contribution < -0.4 is 0 Å². The molecule has 0 aliphatic heterocycles. The predicted molar refractivity (Wildman–Crippen MR) is 66.9 cm³/mol. The van der Waals surface area contributed by atoms with Crippen LogP contribution >= 0.6 is 0 Å². The van der Waals surface area contributed by atoms with Crippen molar-refractivity contribution in [2.75, 3.05) is 0 Å². The minimum Gasteiger partial charge on any atom is -0.303 e. The van der Waals surface area contributed by atoms with Gasteiger partial charge in [0.25, 0.3) is 0 Å². The van der Waals surface area contributed by atoms with Gasteiger partial charge in [-0.1, -0.05) is 48.5 Å². The summed E-state index contributed by atoms with van der Waals surface area (Å²) in [6, 6.07) is 17.2. The summed E-state index contributed by atoms with van der Waals surface area (Å²) in [5, 5.41) is 0. The smallest absolute Gasteiger partial charge is 0.169 e. The van der Waals surface area contributed by atoms with Crippen molar-refractivity contribution >= 4 is 12.1 Å². The lowest BCUT2D eigenvalue weighted by atomic mass is 10.0. The molecule has 2 nitrogen and oxygen atoms in total. The Hall–Kier alpha value is -2.22. The van der Waals surface area contributed by atoms with E-state index in [4.69, 9.17) is 0 Å². The minimum absolute atomic E-state index is 0.0573. The zero-order valence-corrected chi connectivity index (χ0v) is 9.30. The monoisotopic (exact) mass is 224 g/mol. The number of ketones is 1. The van der Waals surface area contributed by atoms with Gasteiger partial charge < -0.3 is 4.79 Å². The van der Waals surface area contributed by atoms with Gasteiger partial charge in [-0.05, 0) is 17.2 Å². The topological polar surface area (TPSA) is 34.1 Å². The van der Waals surface area contributed by atoms with Crippen molar-refractivity contribution in [3.05, 3.63) is 60.2 Å². The Labute approximate surface area is 99.9 Å². The molecule has 0 atom stereocenters. The molecule has 0 N–H and O–H groups in total. The summed E-state index contributed by atoms with van der Waals surface area (Å²) in [5.74, 6) is -0.141. The van der Waals surface area contributed by atoms with E-state index in [2.05, 4.69) is 0 Å². The Morgan fingerprint density at radius 3 is 2.35 bits per heavy atom. The lowest BCUT2D eigenvalue weighted by molar-refractivity contribution is -0.107. The van der Waals surface area contributed by atoms with Crippen molar-refractivity contribution in [2.45, 2.75) is 6.42 Å². The first kappa shape index (κ1) is 11.3. The Balaban J connectivity index is 2.35. The molecule has 0 aliphatic carbocycles. The van der Waals surface area contributed by atoms with Gasteiger partial charge in [-0.15, -0.1) is 0 Å². The molecule has 0 aliphatic rings. The van der Waals surface area contributed by atoms with Gasteiger partial charge in [0.15, 0.2) is 5.78 Å². The highest BCUT2D eigenvalue weighted by atomic mass is 16.1. The van der Waals surface area contributed by atoms with Gasteiger partial charge in [0.1, 0.15) is 6.29 Å². The van der Waals surface area contributed by atoms with E-state index < -0.39 is 0 Å². The molecule has 2 aromatic carbocycles. The molecule has 0 radical (unpaired) electrons. The lowest BCUT2D eigenvalue weighted by Gasteiger charge is -2.03. The standard InChI is InChI=1S/C15H12O2/c16-10-9-15(17)14-8-4-7-13(11-14)12-5-2-1-3-6-12/h1-8,10-11H,9H2. The van der Waals surface area contributed by atoms with Crippen LogP contribution in [0.15, 0.2) is 54.6 Å². The van der Waals surface area contributed by atoms with E-state index in [0.29, 0.717) is 11.8 Å². The number of hydrogen-bond donors (Lipinski definition) is 0. The molecule has 0 fully saturated rings. The van der Waals surface area contributed by atoms with Gasteiger partial charge in [0, 0.05) is 5.56 Å². The second-order valence-electron chi connectivity index (χ2n) is 3.74. The highest BCUT2D eigenvalue weighted by molar-refractivity contribution is 6.03. The molecule has 0 unspecified atom stereocenters. The molecule has 17 heavy (non-hydrogen) atoms. The number of Topliss-reactive ketones (excluding diaryl/α,β-unsaturated/α-hetero) is 1.